The third-order valence-electron chi connectivity index (χ3n) is 2.93. The van der Waals surface area contributed by atoms with Crippen LogP contribution in [0, 0.1) is 10.1 Å². The van der Waals surface area contributed by atoms with Crippen molar-refractivity contribution in [1.82, 2.24) is 0 Å². The molecule has 23 heavy (non-hydrogen) atoms. The number of carbonyl (C=O) groups is 2. The first-order chi connectivity index (χ1) is 10.9. The average Bonchev–Trinajstić information content (AvgIpc) is 2.46. The van der Waals surface area contributed by atoms with E-state index in [4.69, 9.17) is 5.73 Å². The maximum absolute atomic E-state index is 12.2. The fourth-order valence-electron chi connectivity index (χ4n) is 1.92. The Morgan fingerprint density at radius 2 is 1.74 bits per heavy atom. The molecule has 8 heteroatoms. The number of nitrogen functional groups attached to an aromatic ring is 1. The monoisotopic (exact) mass is 314 g/mol. The third-order valence-corrected chi connectivity index (χ3v) is 2.93. The van der Waals surface area contributed by atoms with Gasteiger partial charge in [0, 0.05) is 29.9 Å². The summed E-state index contributed by atoms with van der Waals surface area (Å²) < 4.78 is 0. The van der Waals surface area contributed by atoms with Crippen molar-refractivity contribution in [2.75, 3.05) is 16.4 Å². The van der Waals surface area contributed by atoms with E-state index in [-0.39, 0.29) is 22.8 Å². The molecule has 0 aliphatic heterocycles. The summed E-state index contributed by atoms with van der Waals surface area (Å²) in [6, 6.07) is 10.4. The molecule has 0 spiro atoms. The zero-order chi connectivity index (χ0) is 17.0. The van der Waals surface area contributed by atoms with E-state index in [2.05, 4.69) is 10.6 Å². The molecule has 0 atom stereocenters. The van der Waals surface area contributed by atoms with Gasteiger partial charge in [-0.1, -0.05) is 6.07 Å². The number of hydrogen-bond acceptors (Lipinski definition) is 5. The number of anilines is 3. The molecule has 0 aromatic heterocycles. The zero-order valence-electron chi connectivity index (χ0n) is 12.2. The summed E-state index contributed by atoms with van der Waals surface area (Å²) in [6.45, 7) is 1.37. The molecule has 0 aliphatic carbocycles. The van der Waals surface area contributed by atoms with Gasteiger partial charge in [-0.2, -0.15) is 0 Å². The van der Waals surface area contributed by atoms with E-state index < -0.39 is 10.8 Å². The van der Waals surface area contributed by atoms with Crippen molar-refractivity contribution in [2.45, 2.75) is 6.92 Å². The van der Waals surface area contributed by atoms with Crippen LogP contribution < -0.4 is 16.4 Å². The molecule has 0 aliphatic rings. The second-order valence-corrected chi connectivity index (χ2v) is 4.75. The molecular weight excluding hydrogens is 300 g/mol. The number of amides is 2. The van der Waals surface area contributed by atoms with Gasteiger partial charge in [-0.25, -0.2) is 0 Å². The van der Waals surface area contributed by atoms with Crippen LogP contribution in [0.1, 0.15) is 17.3 Å². The first-order valence-electron chi connectivity index (χ1n) is 6.60. The van der Waals surface area contributed by atoms with Gasteiger partial charge >= 0.3 is 0 Å². The normalized spacial score (nSPS) is 9.96. The highest BCUT2D eigenvalue weighted by molar-refractivity contribution is 6.05. The first kappa shape index (κ1) is 16.0. The number of nitro benzene ring substituents is 1. The van der Waals surface area contributed by atoms with Gasteiger partial charge in [-0.3, -0.25) is 19.7 Å². The summed E-state index contributed by atoms with van der Waals surface area (Å²) in [7, 11) is 0. The Morgan fingerprint density at radius 3 is 2.35 bits per heavy atom. The Labute approximate surface area is 131 Å². The van der Waals surface area contributed by atoms with Crippen LogP contribution in [0.4, 0.5) is 22.7 Å². The summed E-state index contributed by atoms with van der Waals surface area (Å²) >= 11 is 0. The molecule has 0 saturated heterocycles. The predicted molar refractivity (Wildman–Crippen MR) is 86.2 cm³/mol. The molecule has 118 valence electrons. The summed E-state index contributed by atoms with van der Waals surface area (Å²) in [5.41, 5.74) is 6.23. The molecule has 0 radical (unpaired) electrons. The Hall–Kier alpha value is -3.42. The van der Waals surface area contributed by atoms with E-state index in [0.717, 1.165) is 6.07 Å². The van der Waals surface area contributed by atoms with Gasteiger partial charge in [0.15, 0.2) is 0 Å². The summed E-state index contributed by atoms with van der Waals surface area (Å²) in [4.78, 5) is 33.4. The minimum atomic E-state index is -0.649. The lowest BCUT2D eigenvalue weighted by molar-refractivity contribution is -0.383. The van der Waals surface area contributed by atoms with Crippen molar-refractivity contribution in [2.24, 2.45) is 0 Å². The Balaban J connectivity index is 2.21. The van der Waals surface area contributed by atoms with Crippen LogP contribution in [0.2, 0.25) is 0 Å². The Morgan fingerprint density at radius 1 is 1.09 bits per heavy atom. The maximum atomic E-state index is 12.2. The zero-order valence-corrected chi connectivity index (χ0v) is 12.2. The van der Waals surface area contributed by atoms with Crippen molar-refractivity contribution in [1.29, 1.82) is 0 Å². The molecule has 2 aromatic carbocycles. The van der Waals surface area contributed by atoms with E-state index in [0.29, 0.717) is 11.4 Å². The molecular formula is C15H14N4O4. The first-order valence-corrected chi connectivity index (χ1v) is 6.60. The Kier molecular flexibility index (Phi) is 4.55. The van der Waals surface area contributed by atoms with E-state index in [1.165, 1.54) is 19.1 Å². The fraction of sp³-hybridized carbons (Fsp3) is 0.0667. The van der Waals surface area contributed by atoms with Gasteiger partial charge in [0.25, 0.3) is 11.6 Å². The number of hydrogen-bond donors (Lipinski definition) is 3. The van der Waals surface area contributed by atoms with Crippen LogP contribution in [-0.4, -0.2) is 16.7 Å². The largest absolute Gasteiger partial charge is 0.393 e. The Bertz CT molecular complexity index is 789. The number of nitrogens with one attached hydrogen (secondary N) is 2. The lowest BCUT2D eigenvalue weighted by Crippen LogP contribution is -2.13. The lowest BCUT2D eigenvalue weighted by Gasteiger charge is -2.08. The lowest BCUT2D eigenvalue weighted by atomic mass is 10.1. The molecule has 0 fully saturated rings. The van der Waals surface area contributed by atoms with Crippen LogP contribution >= 0.6 is 0 Å². The highest BCUT2D eigenvalue weighted by atomic mass is 16.6. The number of nitro groups is 1. The molecule has 4 N–H and O–H groups in total. The standard InChI is InChI=1S/C15H14N4O4/c1-9(20)17-11-3-2-4-12(8-11)18-15(21)10-5-6-13(16)14(7-10)19(22)23/h2-8H,16H2,1H3,(H,17,20)(H,18,21). The topological polar surface area (TPSA) is 127 Å². The molecule has 0 bridgehead atoms. The molecule has 2 aromatic rings. The van der Waals surface area contributed by atoms with E-state index in [1.54, 1.807) is 24.3 Å². The van der Waals surface area contributed by atoms with E-state index in [9.17, 15) is 19.7 Å². The number of carbonyl (C=O) groups excluding carboxylic acids is 2. The van der Waals surface area contributed by atoms with Crippen molar-refractivity contribution < 1.29 is 14.5 Å². The molecule has 0 heterocycles. The van der Waals surface area contributed by atoms with Crippen LogP contribution in [0.15, 0.2) is 42.5 Å². The molecule has 2 rings (SSSR count). The van der Waals surface area contributed by atoms with Crippen molar-refractivity contribution in [3.8, 4) is 0 Å². The summed E-state index contributed by atoms with van der Waals surface area (Å²) in [5, 5.41) is 16.1. The van der Waals surface area contributed by atoms with Crippen molar-refractivity contribution in [3.63, 3.8) is 0 Å². The fourth-order valence-corrected chi connectivity index (χ4v) is 1.92. The second kappa shape index (κ2) is 6.56. The van der Waals surface area contributed by atoms with Crippen LogP contribution in [-0.2, 0) is 4.79 Å². The van der Waals surface area contributed by atoms with Crippen molar-refractivity contribution in [3.05, 3.63) is 58.1 Å². The minimum absolute atomic E-state index is 0.0146. The highest BCUT2D eigenvalue weighted by Gasteiger charge is 2.15. The molecule has 2 amide bonds. The maximum Gasteiger partial charge on any atom is 0.292 e. The van der Waals surface area contributed by atoms with E-state index >= 15 is 0 Å². The smallest absolute Gasteiger partial charge is 0.292 e. The SMILES string of the molecule is CC(=O)Nc1cccc(NC(=O)c2ccc(N)c([N+](=O)[O-])c2)c1. The van der Waals surface area contributed by atoms with Gasteiger partial charge in [0.2, 0.25) is 5.91 Å². The quantitative estimate of drug-likeness (QED) is 0.453. The molecule has 8 nitrogen and oxygen atoms in total. The second-order valence-electron chi connectivity index (χ2n) is 4.75. The minimum Gasteiger partial charge on any atom is -0.393 e. The highest BCUT2D eigenvalue weighted by Crippen LogP contribution is 2.23. The van der Waals surface area contributed by atoms with Gasteiger partial charge < -0.3 is 16.4 Å². The average molecular weight is 314 g/mol. The predicted octanol–water partition coefficient (Wildman–Crippen LogP) is 2.39. The summed E-state index contributed by atoms with van der Waals surface area (Å²) in [5.74, 6) is -0.754. The van der Waals surface area contributed by atoms with Crippen LogP contribution in [0.5, 0.6) is 0 Å². The van der Waals surface area contributed by atoms with Crippen molar-refractivity contribution >= 4 is 34.6 Å². The van der Waals surface area contributed by atoms with Gasteiger partial charge in [0.05, 0.1) is 4.92 Å². The van der Waals surface area contributed by atoms with Gasteiger partial charge in [-0.15, -0.1) is 0 Å². The van der Waals surface area contributed by atoms with Crippen LogP contribution in [0.25, 0.3) is 0 Å². The molecule has 0 saturated carbocycles. The third kappa shape index (κ3) is 4.03. The van der Waals surface area contributed by atoms with Gasteiger partial charge in [0.1, 0.15) is 5.69 Å². The number of nitrogens with two attached hydrogens (primary N) is 1. The summed E-state index contributed by atoms with van der Waals surface area (Å²) in [6.07, 6.45) is 0. The van der Waals surface area contributed by atoms with Crippen LogP contribution in [0.3, 0.4) is 0 Å². The molecule has 0 unspecified atom stereocenters. The number of nitrogens with zero attached hydrogens (tertiary/aromatic N) is 1. The van der Waals surface area contributed by atoms with Gasteiger partial charge in [-0.05, 0) is 30.3 Å². The number of rotatable bonds is 4. The van der Waals surface area contributed by atoms with E-state index in [1.807, 2.05) is 0 Å². The number of benzene rings is 2.